The van der Waals surface area contributed by atoms with Gasteiger partial charge in [0.1, 0.15) is 5.75 Å². The van der Waals surface area contributed by atoms with Gasteiger partial charge in [0.2, 0.25) is 0 Å². The molecule has 1 heterocycles. The van der Waals surface area contributed by atoms with Crippen molar-refractivity contribution in [2.75, 3.05) is 7.11 Å². The first-order chi connectivity index (χ1) is 18.4. The Morgan fingerprint density at radius 2 is 1.92 bits per heavy atom. The number of fused-ring (bicyclic) bond motifs is 1. The van der Waals surface area contributed by atoms with E-state index >= 15 is 0 Å². The smallest absolute Gasteiger partial charge is 0.253 e. The van der Waals surface area contributed by atoms with Gasteiger partial charge in [0.25, 0.3) is 5.91 Å². The van der Waals surface area contributed by atoms with E-state index < -0.39 is 0 Å². The highest BCUT2D eigenvalue weighted by molar-refractivity contribution is 6.36. The normalized spacial score (nSPS) is 16.9. The van der Waals surface area contributed by atoms with Crippen LogP contribution in [0.15, 0.2) is 60.8 Å². The highest BCUT2D eigenvalue weighted by Crippen LogP contribution is 2.55. The number of benzene rings is 3. The van der Waals surface area contributed by atoms with Crippen molar-refractivity contribution < 1.29 is 9.53 Å². The third-order valence-electron chi connectivity index (χ3n) is 8.42. The van der Waals surface area contributed by atoms with Crippen LogP contribution >= 0.6 is 11.6 Å². The molecule has 2 aliphatic carbocycles. The molecule has 1 aromatic heterocycles. The SMILES string of the molecule is COc1cc(C#N)cc(-c2ccc(C(C)n3ncc4c(Cl)ccc(C(=O)NC5CC6(CCC6)C5)c43)cc2)c1. The van der Waals surface area contributed by atoms with Gasteiger partial charge in [-0.1, -0.05) is 42.3 Å². The Labute approximate surface area is 227 Å². The van der Waals surface area contributed by atoms with Crippen molar-refractivity contribution in [3.8, 4) is 22.9 Å². The highest BCUT2D eigenvalue weighted by atomic mass is 35.5. The number of rotatable bonds is 6. The summed E-state index contributed by atoms with van der Waals surface area (Å²) in [6.45, 7) is 2.07. The Balaban J connectivity index is 1.28. The van der Waals surface area contributed by atoms with E-state index in [-0.39, 0.29) is 18.0 Å². The number of amides is 1. The van der Waals surface area contributed by atoms with Crippen LogP contribution in [0, 0.1) is 16.7 Å². The molecule has 2 fully saturated rings. The fourth-order valence-corrected chi connectivity index (χ4v) is 6.29. The summed E-state index contributed by atoms with van der Waals surface area (Å²) in [6.07, 6.45) is 7.82. The largest absolute Gasteiger partial charge is 0.497 e. The number of nitriles is 1. The van der Waals surface area contributed by atoms with Gasteiger partial charge in [-0.05, 0) is 85.0 Å². The molecule has 7 heteroatoms. The number of carbonyl (C=O) groups excluding carboxylic acids is 1. The summed E-state index contributed by atoms with van der Waals surface area (Å²) in [5, 5.41) is 18.6. The monoisotopic (exact) mass is 524 g/mol. The quantitative estimate of drug-likeness (QED) is 0.297. The molecule has 0 radical (unpaired) electrons. The standard InChI is InChI=1S/C31H29ClN4O2/c1-19(21-4-6-22(7-5-21)23-12-20(17-33)13-25(14-23)38-2)36-29-26(8-9-28(32)27(29)18-34-36)30(37)35-24-15-31(16-24)10-3-11-31/h4-9,12-14,18-19,24H,3,10-11,15-16H2,1-2H3,(H,35,37). The van der Waals surface area contributed by atoms with Gasteiger partial charge in [0, 0.05) is 11.4 Å². The lowest BCUT2D eigenvalue weighted by molar-refractivity contribution is -0.000604. The van der Waals surface area contributed by atoms with Crippen molar-refractivity contribution in [3.05, 3.63) is 82.5 Å². The molecular formula is C31H29ClN4O2. The Kier molecular flexibility index (Phi) is 6.12. The molecule has 1 unspecified atom stereocenters. The maximum atomic E-state index is 13.4. The van der Waals surface area contributed by atoms with Gasteiger partial charge in [0.05, 0.1) is 47.1 Å². The van der Waals surface area contributed by atoms with E-state index in [1.54, 1.807) is 31.5 Å². The lowest BCUT2D eigenvalue weighted by Gasteiger charge is -2.54. The molecule has 38 heavy (non-hydrogen) atoms. The van der Waals surface area contributed by atoms with Gasteiger partial charge in [-0.25, -0.2) is 0 Å². The van der Waals surface area contributed by atoms with Gasteiger partial charge < -0.3 is 10.1 Å². The number of halogens is 1. The maximum absolute atomic E-state index is 13.4. The summed E-state index contributed by atoms with van der Waals surface area (Å²) < 4.78 is 7.25. The molecule has 0 aliphatic heterocycles. The number of aromatic nitrogens is 2. The van der Waals surface area contributed by atoms with Crippen LogP contribution in [0.5, 0.6) is 5.75 Å². The third-order valence-corrected chi connectivity index (χ3v) is 8.75. The predicted molar refractivity (Wildman–Crippen MR) is 148 cm³/mol. The Bertz CT molecular complexity index is 1570. The number of nitrogens with one attached hydrogen (secondary N) is 1. The molecule has 1 atom stereocenters. The van der Waals surface area contributed by atoms with Crippen LogP contribution in [-0.2, 0) is 0 Å². The van der Waals surface area contributed by atoms with Crippen LogP contribution in [-0.4, -0.2) is 28.8 Å². The second-order valence-corrected chi connectivity index (χ2v) is 11.1. The summed E-state index contributed by atoms with van der Waals surface area (Å²) in [4.78, 5) is 13.4. The van der Waals surface area contributed by atoms with E-state index in [2.05, 4.69) is 35.5 Å². The minimum absolute atomic E-state index is 0.0681. The topological polar surface area (TPSA) is 79.9 Å². The van der Waals surface area contributed by atoms with Crippen molar-refractivity contribution in [2.24, 2.45) is 5.41 Å². The van der Waals surface area contributed by atoms with E-state index in [1.807, 2.05) is 28.9 Å². The number of methoxy groups -OCH3 is 1. The van der Waals surface area contributed by atoms with Crippen LogP contribution in [0.25, 0.3) is 22.0 Å². The average molecular weight is 525 g/mol. The molecule has 1 spiro atoms. The first-order valence-corrected chi connectivity index (χ1v) is 13.4. The zero-order chi connectivity index (χ0) is 26.4. The van der Waals surface area contributed by atoms with Crippen LogP contribution in [0.3, 0.4) is 0 Å². The summed E-state index contributed by atoms with van der Waals surface area (Å²) in [7, 11) is 1.59. The van der Waals surface area contributed by atoms with Gasteiger partial charge in [0.15, 0.2) is 0 Å². The fourth-order valence-electron chi connectivity index (χ4n) is 6.09. The van der Waals surface area contributed by atoms with Crippen molar-refractivity contribution in [3.63, 3.8) is 0 Å². The molecule has 2 aliphatic rings. The number of hydrogen-bond acceptors (Lipinski definition) is 4. The lowest BCUT2D eigenvalue weighted by Crippen LogP contribution is -2.53. The summed E-state index contributed by atoms with van der Waals surface area (Å²) in [5.74, 6) is 0.577. The highest BCUT2D eigenvalue weighted by Gasteiger charge is 2.48. The summed E-state index contributed by atoms with van der Waals surface area (Å²) in [5.41, 5.74) is 5.32. The zero-order valence-electron chi connectivity index (χ0n) is 21.5. The lowest BCUT2D eigenvalue weighted by atomic mass is 9.54. The van der Waals surface area contributed by atoms with Crippen molar-refractivity contribution in [1.82, 2.24) is 15.1 Å². The van der Waals surface area contributed by atoms with E-state index in [4.69, 9.17) is 16.3 Å². The number of carbonyl (C=O) groups is 1. The van der Waals surface area contributed by atoms with E-state index in [1.165, 1.54) is 19.3 Å². The first kappa shape index (κ1) is 24.5. The second kappa shape index (κ2) is 9.49. The van der Waals surface area contributed by atoms with Crippen molar-refractivity contribution in [2.45, 2.75) is 51.1 Å². The molecule has 2 saturated carbocycles. The third kappa shape index (κ3) is 4.21. The van der Waals surface area contributed by atoms with Crippen LogP contribution in [0.4, 0.5) is 0 Å². The van der Waals surface area contributed by atoms with Crippen molar-refractivity contribution in [1.29, 1.82) is 5.26 Å². The Morgan fingerprint density at radius 3 is 2.58 bits per heavy atom. The minimum atomic E-state index is -0.131. The molecule has 0 saturated heterocycles. The molecule has 6 nitrogen and oxygen atoms in total. The molecular weight excluding hydrogens is 496 g/mol. The molecule has 6 rings (SSSR count). The molecule has 4 aromatic rings. The van der Waals surface area contributed by atoms with Crippen molar-refractivity contribution >= 4 is 28.4 Å². The molecule has 0 bridgehead atoms. The van der Waals surface area contributed by atoms with Crippen LogP contribution in [0.1, 0.15) is 66.6 Å². The molecule has 1 N–H and O–H groups in total. The van der Waals surface area contributed by atoms with E-state index in [9.17, 15) is 10.1 Å². The second-order valence-electron chi connectivity index (χ2n) is 10.7. The Morgan fingerprint density at radius 1 is 1.16 bits per heavy atom. The van der Waals surface area contributed by atoms with Crippen LogP contribution < -0.4 is 10.1 Å². The zero-order valence-corrected chi connectivity index (χ0v) is 22.3. The van der Waals surface area contributed by atoms with Gasteiger partial charge in [-0.3, -0.25) is 9.48 Å². The molecule has 192 valence electrons. The van der Waals surface area contributed by atoms with Crippen LogP contribution in [0.2, 0.25) is 5.02 Å². The van der Waals surface area contributed by atoms with E-state index in [0.29, 0.717) is 27.3 Å². The first-order valence-electron chi connectivity index (χ1n) is 13.1. The van der Waals surface area contributed by atoms with Gasteiger partial charge >= 0.3 is 0 Å². The molecule has 3 aromatic carbocycles. The minimum Gasteiger partial charge on any atom is -0.497 e. The van der Waals surface area contributed by atoms with E-state index in [0.717, 1.165) is 40.4 Å². The van der Waals surface area contributed by atoms with Gasteiger partial charge in [-0.15, -0.1) is 0 Å². The predicted octanol–water partition coefficient (Wildman–Crippen LogP) is 6.91. The summed E-state index contributed by atoms with van der Waals surface area (Å²) in [6, 6.07) is 19.5. The average Bonchev–Trinajstić information content (AvgIpc) is 3.35. The summed E-state index contributed by atoms with van der Waals surface area (Å²) >= 11 is 6.53. The fraction of sp³-hybridized carbons (Fsp3) is 0.323. The Hall–Kier alpha value is -3.82. The number of hydrogen-bond donors (Lipinski definition) is 1. The maximum Gasteiger partial charge on any atom is 0.253 e. The number of ether oxygens (including phenoxy) is 1. The van der Waals surface area contributed by atoms with Gasteiger partial charge in [-0.2, -0.15) is 10.4 Å². The number of nitrogens with zero attached hydrogens (tertiary/aromatic N) is 3. The molecule has 1 amide bonds.